The van der Waals surface area contributed by atoms with E-state index in [1.807, 2.05) is 30.5 Å². The number of benzene rings is 1. The van der Waals surface area contributed by atoms with Crippen LogP contribution in [-0.4, -0.2) is 16.6 Å². The summed E-state index contributed by atoms with van der Waals surface area (Å²) in [4.78, 5) is 7.22. The van der Waals surface area contributed by atoms with Gasteiger partial charge in [-0.1, -0.05) is 19.9 Å². The second-order valence-electron chi connectivity index (χ2n) is 4.62. The van der Waals surface area contributed by atoms with Gasteiger partial charge in [0.05, 0.1) is 13.2 Å². The van der Waals surface area contributed by atoms with E-state index in [4.69, 9.17) is 4.74 Å². The molecule has 0 aliphatic rings. The molecule has 2 rings (SSSR count). The number of nitrogens with zero attached hydrogens (tertiary/aromatic N) is 1. The molecule has 1 aromatic carbocycles. The third-order valence-electron chi connectivity index (χ3n) is 2.43. The zero-order chi connectivity index (χ0) is 12.8. The molecule has 0 fully saturated rings. The highest BCUT2D eigenvalue weighted by Crippen LogP contribution is 2.18. The molecular weight excluding hydrogens is 226 g/mol. The Balaban J connectivity index is 1.90. The molecule has 0 bridgehead atoms. The van der Waals surface area contributed by atoms with Crippen molar-refractivity contribution in [2.45, 2.75) is 20.4 Å². The monoisotopic (exact) mass is 245 g/mol. The third-order valence-corrected chi connectivity index (χ3v) is 2.43. The van der Waals surface area contributed by atoms with E-state index >= 15 is 0 Å². The number of rotatable bonds is 6. The number of imidazole rings is 1. The van der Waals surface area contributed by atoms with Crippen molar-refractivity contribution in [3.05, 3.63) is 42.5 Å². The van der Waals surface area contributed by atoms with Crippen LogP contribution in [0.3, 0.4) is 0 Å². The van der Waals surface area contributed by atoms with Gasteiger partial charge < -0.3 is 15.0 Å². The van der Waals surface area contributed by atoms with Crippen LogP contribution in [0, 0.1) is 5.92 Å². The zero-order valence-electron chi connectivity index (χ0n) is 10.8. The normalized spacial score (nSPS) is 10.6. The first-order chi connectivity index (χ1) is 8.74. The van der Waals surface area contributed by atoms with Crippen LogP contribution < -0.4 is 10.1 Å². The Labute approximate surface area is 107 Å². The summed E-state index contributed by atoms with van der Waals surface area (Å²) in [5.41, 5.74) is 1.03. The fourth-order valence-electron chi connectivity index (χ4n) is 1.54. The van der Waals surface area contributed by atoms with Crippen molar-refractivity contribution in [2.75, 3.05) is 11.9 Å². The number of ether oxygens (including phenoxy) is 1. The van der Waals surface area contributed by atoms with E-state index in [9.17, 15) is 0 Å². The maximum atomic E-state index is 5.68. The quantitative estimate of drug-likeness (QED) is 0.822. The second kappa shape index (κ2) is 6.10. The molecule has 1 heterocycles. The Hall–Kier alpha value is -1.97. The molecule has 2 aromatic rings. The summed E-state index contributed by atoms with van der Waals surface area (Å²) in [5.74, 6) is 2.35. The molecule has 96 valence electrons. The summed E-state index contributed by atoms with van der Waals surface area (Å²) >= 11 is 0. The lowest BCUT2D eigenvalue weighted by Gasteiger charge is -2.10. The second-order valence-corrected chi connectivity index (χ2v) is 4.62. The maximum Gasteiger partial charge on any atom is 0.125 e. The zero-order valence-corrected chi connectivity index (χ0v) is 10.8. The lowest BCUT2D eigenvalue weighted by Crippen LogP contribution is -2.05. The Morgan fingerprint density at radius 1 is 1.39 bits per heavy atom. The molecule has 2 N–H and O–H groups in total. The van der Waals surface area contributed by atoms with Crippen molar-refractivity contribution in [1.82, 2.24) is 9.97 Å². The molecule has 0 saturated heterocycles. The van der Waals surface area contributed by atoms with Crippen LogP contribution >= 0.6 is 0 Å². The van der Waals surface area contributed by atoms with Gasteiger partial charge in [-0.25, -0.2) is 4.98 Å². The Kier molecular flexibility index (Phi) is 4.23. The van der Waals surface area contributed by atoms with Crippen molar-refractivity contribution in [3.63, 3.8) is 0 Å². The highest BCUT2D eigenvalue weighted by atomic mass is 16.5. The third kappa shape index (κ3) is 3.80. The van der Waals surface area contributed by atoms with Crippen LogP contribution in [0.15, 0.2) is 36.7 Å². The minimum atomic E-state index is 0.532. The Bertz CT molecular complexity index is 466. The lowest BCUT2D eigenvalue weighted by atomic mass is 10.2. The van der Waals surface area contributed by atoms with Gasteiger partial charge in [-0.15, -0.1) is 0 Å². The largest absolute Gasteiger partial charge is 0.493 e. The topological polar surface area (TPSA) is 49.9 Å². The van der Waals surface area contributed by atoms with Gasteiger partial charge in [0.1, 0.15) is 11.6 Å². The predicted molar refractivity (Wildman–Crippen MR) is 72.7 cm³/mol. The van der Waals surface area contributed by atoms with E-state index in [1.54, 1.807) is 6.20 Å². The minimum Gasteiger partial charge on any atom is -0.493 e. The SMILES string of the molecule is CC(C)COc1cccc(NCc2ncc[nH]2)c1. The van der Waals surface area contributed by atoms with E-state index in [-0.39, 0.29) is 0 Å². The van der Waals surface area contributed by atoms with Crippen LogP contribution in [-0.2, 0) is 6.54 Å². The smallest absolute Gasteiger partial charge is 0.125 e. The molecule has 0 aliphatic heterocycles. The summed E-state index contributed by atoms with van der Waals surface area (Å²) in [6.45, 7) is 5.69. The summed E-state index contributed by atoms with van der Waals surface area (Å²) in [6, 6.07) is 7.98. The van der Waals surface area contributed by atoms with Gasteiger partial charge in [0.15, 0.2) is 0 Å². The molecule has 0 radical (unpaired) electrons. The average Bonchev–Trinajstić information content (AvgIpc) is 2.87. The molecule has 0 amide bonds. The van der Waals surface area contributed by atoms with Crippen molar-refractivity contribution in [2.24, 2.45) is 5.92 Å². The fraction of sp³-hybridized carbons (Fsp3) is 0.357. The van der Waals surface area contributed by atoms with Gasteiger partial charge in [-0.3, -0.25) is 0 Å². The lowest BCUT2D eigenvalue weighted by molar-refractivity contribution is 0.271. The predicted octanol–water partition coefficient (Wildman–Crippen LogP) is 3.06. The van der Waals surface area contributed by atoms with Crippen molar-refractivity contribution >= 4 is 5.69 Å². The minimum absolute atomic E-state index is 0.532. The van der Waals surface area contributed by atoms with Gasteiger partial charge in [-0.05, 0) is 18.1 Å². The Morgan fingerprint density at radius 3 is 3.00 bits per heavy atom. The van der Waals surface area contributed by atoms with E-state index in [0.29, 0.717) is 12.5 Å². The van der Waals surface area contributed by atoms with Crippen LogP contribution in [0.2, 0.25) is 0 Å². The average molecular weight is 245 g/mol. The van der Waals surface area contributed by atoms with E-state index < -0.39 is 0 Å². The highest BCUT2D eigenvalue weighted by molar-refractivity contribution is 5.48. The number of hydrogen-bond donors (Lipinski definition) is 2. The van der Waals surface area contributed by atoms with Crippen LogP contribution in [0.5, 0.6) is 5.75 Å². The van der Waals surface area contributed by atoms with Crippen molar-refractivity contribution in [1.29, 1.82) is 0 Å². The molecule has 18 heavy (non-hydrogen) atoms. The first-order valence-corrected chi connectivity index (χ1v) is 6.19. The molecule has 0 unspecified atom stereocenters. The fourth-order valence-corrected chi connectivity index (χ4v) is 1.54. The van der Waals surface area contributed by atoms with E-state index in [0.717, 1.165) is 23.9 Å². The standard InChI is InChI=1S/C14H19N3O/c1-11(2)10-18-13-5-3-4-12(8-13)17-9-14-15-6-7-16-14/h3-8,11,17H,9-10H2,1-2H3,(H,15,16). The first kappa shape index (κ1) is 12.5. The van der Waals surface area contributed by atoms with Crippen molar-refractivity contribution in [3.8, 4) is 5.75 Å². The van der Waals surface area contributed by atoms with Gasteiger partial charge in [0, 0.05) is 24.1 Å². The molecule has 0 saturated carbocycles. The summed E-state index contributed by atoms with van der Waals surface area (Å²) in [7, 11) is 0. The molecular formula is C14H19N3O. The van der Waals surface area contributed by atoms with Crippen LogP contribution in [0.4, 0.5) is 5.69 Å². The molecule has 4 nitrogen and oxygen atoms in total. The van der Waals surface area contributed by atoms with Gasteiger partial charge >= 0.3 is 0 Å². The number of aromatic amines is 1. The van der Waals surface area contributed by atoms with Crippen LogP contribution in [0.1, 0.15) is 19.7 Å². The summed E-state index contributed by atoms with van der Waals surface area (Å²) < 4.78 is 5.68. The number of aromatic nitrogens is 2. The number of hydrogen-bond acceptors (Lipinski definition) is 3. The van der Waals surface area contributed by atoms with Crippen molar-refractivity contribution < 1.29 is 4.74 Å². The maximum absolute atomic E-state index is 5.68. The molecule has 0 spiro atoms. The molecule has 0 atom stereocenters. The summed E-state index contributed by atoms with van der Waals surface area (Å²) in [5, 5.41) is 3.30. The van der Waals surface area contributed by atoms with E-state index in [2.05, 4.69) is 29.1 Å². The van der Waals surface area contributed by atoms with Gasteiger partial charge in [0.25, 0.3) is 0 Å². The number of nitrogens with one attached hydrogen (secondary N) is 2. The first-order valence-electron chi connectivity index (χ1n) is 6.19. The summed E-state index contributed by atoms with van der Waals surface area (Å²) in [6.07, 6.45) is 3.57. The molecule has 1 aromatic heterocycles. The van der Waals surface area contributed by atoms with Gasteiger partial charge in [-0.2, -0.15) is 0 Å². The highest BCUT2D eigenvalue weighted by Gasteiger charge is 2.00. The molecule has 4 heteroatoms. The Morgan fingerprint density at radius 2 is 2.28 bits per heavy atom. The molecule has 0 aliphatic carbocycles. The van der Waals surface area contributed by atoms with Crippen LogP contribution in [0.25, 0.3) is 0 Å². The number of anilines is 1. The number of H-pyrrole nitrogens is 1. The van der Waals surface area contributed by atoms with Gasteiger partial charge in [0.2, 0.25) is 0 Å². The van der Waals surface area contributed by atoms with E-state index in [1.165, 1.54) is 0 Å².